The van der Waals surface area contributed by atoms with Crippen LogP contribution in [-0.2, 0) is 21.2 Å². The number of rotatable bonds is 3. The van der Waals surface area contributed by atoms with Crippen molar-refractivity contribution in [3.05, 3.63) is 59.7 Å². The third-order valence-electron chi connectivity index (χ3n) is 5.62. The van der Waals surface area contributed by atoms with E-state index in [1.54, 1.807) is 4.90 Å². The van der Waals surface area contributed by atoms with Crippen LogP contribution >= 0.6 is 0 Å². The average Bonchev–Trinajstić information content (AvgIpc) is 2.98. The highest BCUT2D eigenvalue weighted by molar-refractivity contribution is 6.06. The van der Waals surface area contributed by atoms with Gasteiger partial charge in [0.25, 0.3) is 5.91 Å². The number of carbonyl (C=O) groups is 2. The fraction of sp³-hybridized carbons (Fsp3) is 0.333. The first kappa shape index (κ1) is 19.3. The van der Waals surface area contributed by atoms with E-state index in [4.69, 9.17) is 4.74 Å². The van der Waals surface area contributed by atoms with Crippen LogP contribution in [0.15, 0.2) is 48.5 Å². The number of piperidine rings is 1. The lowest BCUT2D eigenvalue weighted by Crippen LogP contribution is -2.49. The summed E-state index contributed by atoms with van der Waals surface area (Å²) in [6.07, 6.45) is -3.49. The number of fused-ring (bicyclic) bond motifs is 2. The van der Waals surface area contributed by atoms with Crippen LogP contribution in [0.4, 0.5) is 18.9 Å². The molecular formula is C21H19F3N2O3. The average molecular weight is 404 g/mol. The SMILES string of the molecule is O=C(COc1cccc(C(F)(F)F)c1)N1CCC2(CC1)C(=O)Nc1ccccc12. The van der Waals surface area contributed by atoms with Gasteiger partial charge in [-0.05, 0) is 42.7 Å². The normalized spacial score (nSPS) is 17.8. The zero-order valence-corrected chi connectivity index (χ0v) is 15.5. The number of nitrogens with one attached hydrogen (secondary N) is 1. The van der Waals surface area contributed by atoms with Gasteiger partial charge in [0.15, 0.2) is 6.61 Å². The van der Waals surface area contributed by atoms with Crippen molar-refractivity contribution in [3.63, 3.8) is 0 Å². The molecule has 0 aromatic heterocycles. The number of alkyl halides is 3. The lowest BCUT2D eigenvalue weighted by molar-refractivity contribution is -0.137. The smallest absolute Gasteiger partial charge is 0.416 e. The van der Waals surface area contributed by atoms with Crippen LogP contribution in [0.1, 0.15) is 24.0 Å². The lowest BCUT2D eigenvalue weighted by Gasteiger charge is -2.37. The highest BCUT2D eigenvalue weighted by Gasteiger charge is 2.48. The third-order valence-corrected chi connectivity index (χ3v) is 5.62. The highest BCUT2D eigenvalue weighted by Crippen LogP contribution is 2.44. The Morgan fingerprint density at radius 2 is 1.83 bits per heavy atom. The quantitative estimate of drug-likeness (QED) is 0.851. The van der Waals surface area contributed by atoms with Gasteiger partial charge in [-0.25, -0.2) is 0 Å². The third kappa shape index (κ3) is 3.54. The van der Waals surface area contributed by atoms with E-state index in [2.05, 4.69) is 5.32 Å². The molecule has 8 heteroatoms. The van der Waals surface area contributed by atoms with Crippen LogP contribution in [-0.4, -0.2) is 36.4 Å². The molecule has 2 heterocycles. The number of para-hydroxylation sites is 1. The first-order valence-electron chi connectivity index (χ1n) is 9.28. The van der Waals surface area contributed by atoms with E-state index in [1.807, 2.05) is 24.3 Å². The highest BCUT2D eigenvalue weighted by atomic mass is 19.4. The second kappa shape index (κ2) is 7.09. The predicted molar refractivity (Wildman–Crippen MR) is 99.5 cm³/mol. The van der Waals surface area contributed by atoms with Crippen LogP contribution in [0.2, 0.25) is 0 Å². The summed E-state index contributed by atoms with van der Waals surface area (Å²) < 4.78 is 43.6. The van der Waals surface area contributed by atoms with Crippen molar-refractivity contribution >= 4 is 17.5 Å². The van der Waals surface area contributed by atoms with E-state index in [1.165, 1.54) is 12.1 Å². The molecule has 0 radical (unpaired) electrons. The van der Waals surface area contributed by atoms with Crippen molar-refractivity contribution in [3.8, 4) is 5.75 Å². The number of benzene rings is 2. The second-order valence-electron chi connectivity index (χ2n) is 7.28. The van der Waals surface area contributed by atoms with E-state index in [0.717, 1.165) is 23.4 Å². The summed E-state index contributed by atoms with van der Waals surface area (Å²) in [6, 6.07) is 12.0. The van der Waals surface area contributed by atoms with Gasteiger partial charge in [-0.1, -0.05) is 24.3 Å². The number of nitrogens with zero attached hydrogens (tertiary/aromatic N) is 1. The predicted octanol–water partition coefficient (Wildman–Crippen LogP) is 3.60. The Morgan fingerprint density at radius 1 is 1.10 bits per heavy atom. The zero-order valence-electron chi connectivity index (χ0n) is 15.5. The van der Waals surface area contributed by atoms with Gasteiger partial charge in [0.1, 0.15) is 5.75 Å². The summed E-state index contributed by atoms with van der Waals surface area (Å²) in [5.41, 5.74) is 0.311. The number of hydrogen-bond acceptors (Lipinski definition) is 3. The summed E-state index contributed by atoms with van der Waals surface area (Å²) in [6.45, 7) is 0.413. The molecule has 2 aliphatic rings. The van der Waals surface area contributed by atoms with E-state index < -0.39 is 17.2 Å². The number of likely N-dealkylation sites (tertiary alicyclic amines) is 1. The van der Waals surface area contributed by atoms with Gasteiger partial charge in [0.05, 0.1) is 11.0 Å². The van der Waals surface area contributed by atoms with Crippen molar-refractivity contribution in [2.75, 3.05) is 25.0 Å². The van der Waals surface area contributed by atoms with Crippen LogP contribution in [0, 0.1) is 0 Å². The van der Waals surface area contributed by atoms with E-state index in [0.29, 0.717) is 25.9 Å². The number of hydrogen-bond donors (Lipinski definition) is 1. The van der Waals surface area contributed by atoms with Crippen LogP contribution in [0.25, 0.3) is 0 Å². The van der Waals surface area contributed by atoms with Gasteiger partial charge in [-0.15, -0.1) is 0 Å². The number of halogens is 3. The first-order chi connectivity index (χ1) is 13.8. The summed E-state index contributed by atoms with van der Waals surface area (Å²) in [5.74, 6) is -0.374. The van der Waals surface area contributed by atoms with Gasteiger partial charge in [0, 0.05) is 18.8 Å². The molecule has 2 amide bonds. The van der Waals surface area contributed by atoms with Crippen molar-refractivity contribution in [1.82, 2.24) is 4.90 Å². The largest absolute Gasteiger partial charge is 0.484 e. The minimum atomic E-state index is -4.47. The van der Waals surface area contributed by atoms with Gasteiger partial charge in [-0.3, -0.25) is 9.59 Å². The first-order valence-corrected chi connectivity index (χ1v) is 9.28. The molecule has 0 saturated carbocycles. The molecule has 1 fully saturated rings. The van der Waals surface area contributed by atoms with E-state index >= 15 is 0 Å². The van der Waals surface area contributed by atoms with Crippen molar-refractivity contribution in [2.24, 2.45) is 0 Å². The maximum absolute atomic E-state index is 12.8. The monoisotopic (exact) mass is 404 g/mol. The molecular weight excluding hydrogens is 385 g/mol. The van der Waals surface area contributed by atoms with Crippen molar-refractivity contribution in [1.29, 1.82) is 0 Å². The molecule has 0 bridgehead atoms. The molecule has 1 spiro atoms. The van der Waals surface area contributed by atoms with Gasteiger partial charge in [-0.2, -0.15) is 13.2 Å². The summed E-state index contributed by atoms with van der Waals surface area (Å²) >= 11 is 0. The molecule has 2 aromatic carbocycles. The van der Waals surface area contributed by atoms with Gasteiger partial charge < -0.3 is 15.0 Å². The molecule has 152 valence electrons. The minimum absolute atomic E-state index is 0.00856. The van der Waals surface area contributed by atoms with E-state index in [-0.39, 0.29) is 24.2 Å². The fourth-order valence-corrected chi connectivity index (χ4v) is 4.01. The molecule has 29 heavy (non-hydrogen) atoms. The number of ether oxygens (including phenoxy) is 1. The topological polar surface area (TPSA) is 58.6 Å². The lowest BCUT2D eigenvalue weighted by atomic mass is 9.73. The Bertz CT molecular complexity index is 950. The Kier molecular flexibility index (Phi) is 4.72. The summed E-state index contributed by atoms with van der Waals surface area (Å²) in [4.78, 5) is 26.6. The van der Waals surface area contributed by atoms with Gasteiger partial charge in [0.2, 0.25) is 5.91 Å². The molecule has 0 atom stereocenters. The molecule has 5 nitrogen and oxygen atoms in total. The minimum Gasteiger partial charge on any atom is -0.484 e. The Hall–Kier alpha value is -3.03. The Morgan fingerprint density at radius 3 is 2.55 bits per heavy atom. The molecule has 0 unspecified atom stereocenters. The maximum Gasteiger partial charge on any atom is 0.416 e. The van der Waals surface area contributed by atoms with Crippen LogP contribution in [0.5, 0.6) is 5.75 Å². The summed E-state index contributed by atoms with van der Waals surface area (Å²) in [7, 11) is 0. The molecule has 0 aliphatic carbocycles. The van der Waals surface area contributed by atoms with E-state index in [9.17, 15) is 22.8 Å². The zero-order chi connectivity index (χ0) is 20.6. The molecule has 4 rings (SSSR count). The number of anilines is 1. The van der Waals surface area contributed by atoms with Gasteiger partial charge >= 0.3 is 6.18 Å². The van der Waals surface area contributed by atoms with Crippen LogP contribution < -0.4 is 10.1 Å². The van der Waals surface area contributed by atoms with Crippen molar-refractivity contribution in [2.45, 2.75) is 24.4 Å². The number of amides is 2. The standard InChI is InChI=1S/C21H19F3N2O3/c22-21(23,24)14-4-3-5-15(12-14)29-13-18(27)26-10-8-20(9-11-26)16-6-1-2-7-17(16)25-19(20)28/h1-7,12H,8-11,13H2,(H,25,28). The molecule has 2 aliphatic heterocycles. The Balaban J connectivity index is 1.37. The van der Waals surface area contributed by atoms with Crippen LogP contribution in [0.3, 0.4) is 0 Å². The molecule has 1 saturated heterocycles. The fourth-order valence-electron chi connectivity index (χ4n) is 4.01. The Labute approximate surface area is 165 Å². The van der Waals surface area contributed by atoms with Crippen molar-refractivity contribution < 1.29 is 27.5 Å². The molecule has 1 N–H and O–H groups in total. The second-order valence-corrected chi connectivity index (χ2v) is 7.28. The number of carbonyl (C=O) groups excluding carboxylic acids is 2. The maximum atomic E-state index is 12.8. The molecule has 2 aromatic rings. The summed E-state index contributed by atoms with van der Waals surface area (Å²) in [5, 5.41) is 2.91.